The third-order valence-electron chi connectivity index (χ3n) is 4.87. The lowest BCUT2D eigenvalue weighted by atomic mass is 9.79. The molecule has 0 radical (unpaired) electrons. The van der Waals surface area contributed by atoms with Crippen LogP contribution in [0.2, 0.25) is 0 Å². The SMILES string of the molecule is CCc1nn(C)c(CC2(O)CCN3CCC2C3)c1Br. The lowest BCUT2D eigenvalue weighted by Gasteiger charge is -2.38. The molecule has 1 N–H and O–H groups in total. The normalized spacial score (nSPS) is 33.9. The predicted octanol–water partition coefficient (Wildman–Crippen LogP) is 1.74. The first kappa shape index (κ1) is 13.6. The Bertz CT molecular complexity index is 487. The Morgan fingerprint density at radius 1 is 1.47 bits per heavy atom. The molecule has 2 saturated heterocycles. The van der Waals surface area contributed by atoms with Crippen LogP contribution in [-0.2, 0) is 19.9 Å². The minimum atomic E-state index is -0.547. The second-order valence-electron chi connectivity index (χ2n) is 6.00. The molecule has 0 spiro atoms. The molecule has 2 bridgehead atoms. The van der Waals surface area contributed by atoms with E-state index in [0.29, 0.717) is 5.92 Å². The lowest BCUT2D eigenvalue weighted by molar-refractivity contribution is -0.0452. The fraction of sp³-hybridized carbons (Fsp3) is 0.786. The summed E-state index contributed by atoms with van der Waals surface area (Å²) in [4.78, 5) is 2.47. The summed E-state index contributed by atoms with van der Waals surface area (Å²) in [6.45, 7) is 5.36. The van der Waals surface area contributed by atoms with Crippen molar-refractivity contribution in [3.05, 3.63) is 15.9 Å². The van der Waals surface area contributed by atoms with Gasteiger partial charge in [0.1, 0.15) is 0 Å². The molecule has 0 saturated carbocycles. The van der Waals surface area contributed by atoms with Gasteiger partial charge in [-0.2, -0.15) is 5.10 Å². The number of nitrogens with zero attached hydrogens (tertiary/aromatic N) is 3. The Balaban J connectivity index is 1.86. The van der Waals surface area contributed by atoms with Crippen LogP contribution >= 0.6 is 15.9 Å². The number of piperidine rings is 1. The maximum atomic E-state index is 11.1. The summed E-state index contributed by atoms with van der Waals surface area (Å²) in [7, 11) is 1.98. The Hall–Kier alpha value is -0.390. The summed E-state index contributed by atoms with van der Waals surface area (Å²) in [5.41, 5.74) is 1.68. The second kappa shape index (κ2) is 4.86. The first-order valence-electron chi connectivity index (χ1n) is 7.18. The van der Waals surface area contributed by atoms with Crippen LogP contribution in [-0.4, -0.2) is 45.0 Å². The number of fused-ring (bicyclic) bond motifs is 2. The van der Waals surface area contributed by atoms with Crippen LogP contribution in [0.3, 0.4) is 0 Å². The summed E-state index contributed by atoms with van der Waals surface area (Å²) in [6, 6.07) is 0. The molecule has 3 rings (SSSR count). The van der Waals surface area contributed by atoms with E-state index in [-0.39, 0.29) is 0 Å². The summed E-state index contributed by atoms with van der Waals surface area (Å²) in [6.07, 6.45) is 3.66. The van der Waals surface area contributed by atoms with Gasteiger partial charge < -0.3 is 10.0 Å². The molecule has 106 valence electrons. The van der Waals surface area contributed by atoms with E-state index in [9.17, 15) is 5.11 Å². The molecule has 0 aromatic carbocycles. The Morgan fingerprint density at radius 3 is 2.95 bits per heavy atom. The van der Waals surface area contributed by atoms with Gasteiger partial charge in [0.05, 0.1) is 21.5 Å². The van der Waals surface area contributed by atoms with Crippen molar-refractivity contribution in [3.63, 3.8) is 0 Å². The van der Waals surface area contributed by atoms with Crippen LogP contribution in [0.1, 0.15) is 31.2 Å². The van der Waals surface area contributed by atoms with Crippen molar-refractivity contribution < 1.29 is 5.11 Å². The third-order valence-corrected chi connectivity index (χ3v) is 5.79. The molecule has 3 unspecified atom stereocenters. The van der Waals surface area contributed by atoms with E-state index in [0.717, 1.165) is 61.2 Å². The van der Waals surface area contributed by atoms with Crippen LogP contribution in [0.5, 0.6) is 0 Å². The van der Waals surface area contributed by atoms with Gasteiger partial charge >= 0.3 is 0 Å². The van der Waals surface area contributed by atoms with Crippen LogP contribution in [0.4, 0.5) is 0 Å². The summed E-state index contributed by atoms with van der Waals surface area (Å²) >= 11 is 3.66. The van der Waals surface area contributed by atoms with Crippen molar-refractivity contribution in [2.45, 2.75) is 38.2 Å². The van der Waals surface area contributed by atoms with Gasteiger partial charge in [0.25, 0.3) is 0 Å². The van der Waals surface area contributed by atoms with Crippen molar-refractivity contribution in [3.8, 4) is 0 Å². The maximum absolute atomic E-state index is 11.1. The zero-order valence-electron chi connectivity index (χ0n) is 11.7. The maximum Gasteiger partial charge on any atom is 0.0766 e. The molecule has 4 nitrogen and oxygen atoms in total. The number of aliphatic hydroxyl groups is 1. The quantitative estimate of drug-likeness (QED) is 0.919. The van der Waals surface area contributed by atoms with E-state index in [1.807, 2.05) is 11.7 Å². The summed E-state index contributed by atoms with van der Waals surface area (Å²) < 4.78 is 3.02. The molecule has 19 heavy (non-hydrogen) atoms. The van der Waals surface area contributed by atoms with Crippen molar-refractivity contribution in [1.82, 2.24) is 14.7 Å². The molecule has 0 amide bonds. The summed E-state index contributed by atoms with van der Waals surface area (Å²) in [5, 5.41) is 15.6. The minimum Gasteiger partial charge on any atom is -0.389 e. The number of aromatic nitrogens is 2. The van der Waals surface area contributed by atoms with Gasteiger partial charge in [0, 0.05) is 32.5 Å². The van der Waals surface area contributed by atoms with Crippen molar-refractivity contribution >= 4 is 15.9 Å². The Kier molecular flexibility index (Phi) is 3.48. The van der Waals surface area contributed by atoms with Gasteiger partial charge in [0.15, 0.2) is 0 Å². The summed E-state index contributed by atoms with van der Waals surface area (Å²) in [5.74, 6) is 0.424. The standard InChI is InChI=1S/C14H22BrN3O/c1-3-11-13(15)12(17(2)16-11)8-14(19)5-7-18-6-4-10(14)9-18/h10,19H,3-9H2,1-2H3. The smallest absolute Gasteiger partial charge is 0.0766 e. The zero-order valence-corrected chi connectivity index (χ0v) is 13.3. The number of halogens is 1. The fourth-order valence-electron chi connectivity index (χ4n) is 3.56. The lowest BCUT2D eigenvalue weighted by Crippen LogP contribution is -2.48. The van der Waals surface area contributed by atoms with E-state index >= 15 is 0 Å². The third kappa shape index (κ3) is 2.26. The highest BCUT2D eigenvalue weighted by Crippen LogP contribution is 2.39. The molecule has 2 fully saturated rings. The Labute approximate surface area is 122 Å². The zero-order chi connectivity index (χ0) is 13.6. The van der Waals surface area contributed by atoms with E-state index in [1.165, 1.54) is 0 Å². The number of aryl methyl sites for hydroxylation is 2. The number of hydrogen-bond acceptors (Lipinski definition) is 3. The van der Waals surface area contributed by atoms with Gasteiger partial charge in [-0.25, -0.2) is 0 Å². The molecule has 2 aliphatic rings. The molecule has 3 heterocycles. The topological polar surface area (TPSA) is 41.3 Å². The van der Waals surface area contributed by atoms with Crippen molar-refractivity contribution in [2.75, 3.05) is 19.6 Å². The van der Waals surface area contributed by atoms with Crippen LogP contribution in [0, 0.1) is 5.92 Å². The van der Waals surface area contributed by atoms with Gasteiger partial charge in [0.2, 0.25) is 0 Å². The second-order valence-corrected chi connectivity index (χ2v) is 6.79. The van der Waals surface area contributed by atoms with E-state index in [4.69, 9.17) is 0 Å². The highest BCUT2D eigenvalue weighted by Gasteiger charge is 2.45. The van der Waals surface area contributed by atoms with Gasteiger partial charge in [-0.15, -0.1) is 0 Å². The molecular formula is C14H22BrN3O. The number of hydrogen-bond donors (Lipinski definition) is 1. The number of rotatable bonds is 3. The van der Waals surface area contributed by atoms with Crippen molar-refractivity contribution in [1.29, 1.82) is 0 Å². The van der Waals surface area contributed by atoms with E-state index < -0.39 is 5.60 Å². The Morgan fingerprint density at radius 2 is 2.26 bits per heavy atom. The molecular weight excluding hydrogens is 306 g/mol. The van der Waals surface area contributed by atoms with Crippen LogP contribution in [0.25, 0.3) is 0 Å². The largest absolute Gasteiger partial charge is 0.389 e. The van der Waals surface area contributed by atoms with Crippen molar-refractivity contribution in [2.24, 2.45) is 13.0 Å². The average Bonchev–Trinajstić information content (AvgIpc) is 2.92. The first-order valence-corrected chi connectivity index (χ1v) is 7.98. The molecule has 5 heteroatoms. The van der Waals surface area contributed by atoms with Gasteiger partial charge in [-0.1, -0.05) is 6.92 Å². The highest BCUT2D eigenvalue weighted by molar-refractivity contribution is 9.10. The monoisotopic (exact) mass is 327 g/mol. The minimum absolute atomic E-state index is 0.424. The van der Waals surface area contributed by atoms with E-state index in [2.05, 4.69) is 32.9 Å². The van der Waals surface area contributed by atoms with Crippen LogP contribution < -0.4 is 0 Å². The van der Waals surface area contributed by atoms with E-state index in [1.54, 1.807) is 0 Å². The van der Waals surface area contributed by atoms with Crippen LogP contribution in [0.15, 0.2) is 4.47 Å². The first-order chi connectivity index (χ1) is 9.03. The van der Waals surface area contributed by atoms with Gasteiger partial charge in [-0.3, -0.25) is 4.68 Å². The molecule has 1 aromatic rings. The highest BCUT2D eigenvalue weighted by atomic mass is 79.9. The molecule has 3 atom stereocenters. The molecule has 0 aliphatic carbocycles. The average molecular weight is 328 g/mol. The molecule has 2 aliphatic heterocycles. The fourth-order valence-corrected chi connectivity index (χ4v) is 4.32. The molecule has 1 aromatic heterocycles. The predicted molar refractivity (Wildman–Crippen MR) is 78.1 cm³/mol. The van der Waals surface area contributed by atoms with Gasteiger partial charge in [-0.05, 0) is 41.7 Å².